The molecule has 1 aromatic carbocycles. The van der Waals surface area contributed by atoms with Crippen LogP contribution in [0.4, 0.5) is 5.69 Å². The number of aryl methyl sites for hydroxylation is 2. The molecule has 2 atom stereocenters. The molecule has 3 aliphatic carbocycles. The molecule has 8 heteroatoms. The van der Waals surface area contributed by atoms with E-state index in [4.69, 9.17) is 5.73 Å². The summed E-state index contributed by atoms with van der Waals surface area (Å²) in [6.45, 7) is 8.17. The van der Waals surface area contributed by atoms with Crippen molar-refractivity contribution in [2.75, 3.05) is 18.4 Å². The number of carbonyl (C=O) groups excluding carboxylic acids is 2. The molecule has 2 saturated carbocycles. The Labute approximate surface area is 232 Å². The summed E-state index contributed by atoms with van der Waals surface area (Å²) in [5.41, 5.74) is 11.0. The number of hydrogen-bond donors (Lipinski definition) is 4. The Morgan fingerprint density at radius 3 is 2.44 bits per heavy atom. The summed E-state index contributed by atoms with van der Waals surface area (Å²) in [5, 5.41) is 14.5. The van der Waals surface area contributed by atoms with E-state index in [0.717, 1.165) is 63.0 Å². The van der Waals surface area contributed by atoms with Gasteiger partial charge in [-0.15, -0.1) is 0 Å². The highest BCUT2D eigenvalue weighted by Crippen LogP contribution is 2.45. The number of rotatable bonds is 10. The summed E-state index contributed by atoms with van der Waals surface area (Å²) in [7, 11) is 1.76. The fourth-order valence-corrected chi connectivity index (χ4v) is 6.64. The van der Waals surface area contributed by atoms with Crippen molar-refractivity contribution in [1.82, 2.24) is 20.4 Å². The first-order valence-electron chi connectivity index (χ1n) is 14.8. The zero-order valence-electron chi connectivity index (χ0n) is 24.1. The van der Waals surface area contributed by atoms with Gasteiger partial charge in [-0.2, -0.15) is 5.10 Å². The minimum Gasteiger partial charge on any atom is -0.339 e. The fourth-order valence-electron chi connectivity index (χ4n) is 6.64. The number of nitrogens with two attached hydrogens (primary N) is 1. The van der Waals surface area contributed by atoms with Crippen LogP contribution in [-0.4, -0.2) is 46.3 Å². The third-order valence-corrected chi connectivity index (χ3v) is 9.72. The van der Waals surface area contributed by atoms with Crippen LogP contribution in [0.5, 0.6) is 0 Å². The summed E-state index contributed by atoms with van der Waals surface area (Å²) in [4.78, 5) is 26.9. The van der Waals surface area contributed by atoms with Crippen molar-refractivity contribution in [1.29, 1.82) is 0 Å². The number of carbonyl (C=O) groups is 2. The molecule has 1 unspecified atom stereocenters. The SMILES string of the molecule is Cc1cc(C(=O)N[C@H](C(=O)Nc2ccc3c(c2)CC(NCC2(CN)CC2)(C(C)C)C3)C2CCCCC2)n(C)n1. The molecule has 5 N–H and O–H groups in total. The predicted octanol–water partition coefficient (Wildman–Crippen LogP) is 3.87. The molecule has 212 valence electrons. The minimum atomic E-state index is -0.580. The normalized spacial score (nSPS) is 22.9. The summed E-state index contributed by atoms with van der Waals surface area (Å²) in [6.07, 6.45) is 9.60. The van der Waals surface area contributed by atoms with Crippen molar-refractivity contribution in [3.05, 3.63) is 46.8 Å². The van der Waals surface area contributed by atoms with Crippen LogP contribution in [0.15, 0.2) is 24.3 Å². The zero-order chi connectivity index (χ0) is 27.8. The van der Waals surface area contributed by atoms with Gasteiger partial charge in [0.15, 0.2) is 0 Å². The number of benzene rings is 1. The largest absolute Gasteiger partial charge is 0.339 e. The topological polar surface area (TPSA) is 114 Å². The summed E-state index contributed by atoms with van der Waals surface area (Å²) < 4.78 is 1.58. The van der Waals surface area contributed by atoms with Crippen LogP contribution < -0.4 is 21.7 Å². The first kappa shape index (κ1) is 27.8. The first-order valence-corrected chi connectivity index (χ1v) is 14.8. The van der Waals surface area contributed by atoms with Gasteiger partial charge in [-0.1, -0.05) is 39.2 Å². The van der Waals surface area contributed by atoms with E-state index in [2.05, 4.69) is 47.0 Å². The van der Waals surface area contributed by atoms with Gasteiger partial charge in [0.25, 0.3) is 5.91 Å². The molecule has 2 aromatic rings. The summed E-state index contributed by atoms with van der Waals surface area (Å²) >= 11 is 0. The number of amides is 2. The molecule has 0 radical (unpaired) electrons. The van der Waals surface area contributed by atoms with Crippen molar-refractivity contribution in [3.63, 3.8) is 0 Å². The molecular weight excluding hydrogens is 488 g/mol. The van der Waals surface area contributed by atoms with Gasteiger partial charge in [0.05, 0.1) is 5.69 Å². The smallest absolute Gasteiger partial charge is 0.270 e. The molecule has 3 aliphatic rings. The molecule has 2 amide bonds. The zero-order valence-corrected chi connectivity index (χ0v) is 24.1. The quantitative estimate of drug-likeness (QED) is 0.370. The van der Waals surface area contributed by atoms with Gasteiger partial charge in [0, 0.05) is 24.8 Å². The second-order valence-electron chi connectivity index (χ2n) is 12.8. The lowest BCUT2D eigenvalue weighted by Crippen LogP contribution is -2.53. The highest BCUT2D eigenvalue weighted by atomic mass is 16.2. The Kier molecular flexibility index (Phi) is 7.89. The third-order valence-electron chi connectivity index (χ3n) is 9.72. The molecule has 5 rings (SSSR count). The lowest BCUT2D eigenvalue weighted by Gasteiger charge is -2.36. The van der Waals surface area contributed by atoms with Crippen molar-refractivity contribution in [2.24, 2.45) is 30.0 Å². The number of nitrogens with zero attached hydrogens (tertiary/aromatic N) is 2. The van der Waals surface area contributed by atoms with Crippen LogP contribution in [-0.2, 0) is 24.7 Å². The van der Waals surface area contributed by atoms with Gasteiger partial charge < -0.3 is 21.7 Å². The standard InChI is InChI=1S/C31H46N6O2/c1-20(2)31(33-19-30(18-32)12-13-30)16-23-10-11-25(15-24(23)17-31)34-29(39)27(22-8-6-5-7-9-22)35-28(38)26-14-21(3)36-37(26)4/h10-11,14-15,20,22,27,33H,5-9,12-13,16-19,32H2,1-4H3,(H,34,39)(H,35,38)/t27-,31?/m0/s1. The van der Waals surface area contributed by atoms with Gasteiger partial charge in [-0.25, -0.2) is 0 Å². The highest BCUT2D eigenvalue weighted by Gasteiger charge is 2.46. The van der Waals surface area contributed by atoms with Crippen molar-refractivity contribution < 1.29 is 9.59 Å². The monoisotopic (exact) mass is 534 g/mol. The maximum atomic E-state index is 13.7. The van der Waals surface area contributed by atoms with Crippen LogP contribution in [0.25, 0.3) is 0 Å². The maximum Gasteiger partial charge on any atom is 0.270 e. The van der Waals surface area contributed by atoms with Crippen LogP contribution in [0, 0.1) is 24.2 Å². The number of anilines is 1. The van der Waals surface area contributed by atoms with E-state index in [1.807, 2.05) is 13.0 Å². The van der Waals surface area contributed by atoms with Crippen molar-refractivity contribution >= 4 is 17.5 Å². The van der Waals surface area contributed by atoms with Crippen molar-refractivity contribution in [2.45, 2.75) is 90.1 Å². The van der Waals surface area contributed by atoms with Crippen LogP contribution in [0.3, 0.4) is 0 Å². The molecule has 0 saturated heterocycles. The van der Waals surface area contributed by atoms with Gasteiger partial charge >= 0.3 is 0 Å². The van der Waals surface area contributed by atoms with Crippen LogP contribution in [0.1, 0.15) is 86.1 Å². The molecule has 0 aliphatic heterocycles. The molecule has 0 bridgehead atoms. The summed E-state index contributed by atoms with van der Waals surface area (Å²) in [6, 6.07) is 7.50. The first-order chi connectivity index (χ1) is 18.6. The van der Waals surface area contributed by atoms with Crippen LogP contribution >= 0.6 is 0 Å². The molecule has 1 heterocycles. The van der Waals surface area contributed by atoms with E-state index in [1.165, 1.54) is 30.4 Å². The van der Waals surface area contributed by atoms with Gasteiger partial charge in [-0.05, 0) is 98.6 Å². The highest BCUT2D eigenvalue weighted by molar-refractivity contribution is 6.00. The summed E-state index contributed by atoms with van der Waals surface area (Å²) in [5.74, 6) is 0.204. The maximum absolute atomic E-state index is 13.7. The van der Waals surface area contributed by atoms with E-state index in [-0.39, 0.29) is 28.7 Å². The van der Waals surface area contributed by atoms with E-state index in [1.54, 1.807) is 17.8 Å². The van der Waals surface area contributed by atoms with E-state index in [0.29, 0.717) is 11.6 Å². The average Bonchev–Trinajstić information content (AvgIpc) is 3.48. The second kappa shape index (κ2) is 11.0. The Morgan fingerprint density at radius 1 is 1.10 bits per heavy atom. The number of fused-ring (bicyclic) bond motifs is 1. The van der Waals surface area contributed by atoms with E-state index in [9.17, 15) is 9.59 Å². The van der Waals surface area contributed by atoms with Crippen LogP contribution in [0.2, 0.25) is 0 Å². The van der Waals surface area contributed by atoms with Gasteiger partial charge in [0.1, 0.15) is 11.7 Å². The number of aromatic nitrogens is 2. The number of nitrogens with one attached hydrogen (secondary N) is 3. The Balaban J connectivity index is 1.30. The van der Waals surface area contributed by atoms with Gasteiger partial charge in [0.2, 0.25) is 5.91 Å². The molecule has 8 nitrogen and oxygen atoms in total. The Morgan fingerprint density at radius 2 is 1.82 bits per heavy atom. The predicted molar refractivity (Wildman–Crippen MR) is 155 cm³/mol. The lowest BCUT2D eigenvalue weighted by atomic mass is 9.83. The molecular formula is C31H46N6O2. The Hall–Kier alpha value is -2.71. The molecule has 2 fully saturated rings. The molecule has 1 aromatic heterocycles. The van der Waals surface area contributed by atoms with E-state index >= 15 is 0 Å². The number of hydrogen-bond acceptors (Lipinski definition) is 5. The minimum absolute atomic E-state index is 0.00949. The van der Waals surface area contributed by atoms with Gasteiger partial charge in [-0.3, -0.25) is 14.3 Å². The second-order valence-corrected chi connectivity index (χ2v) is 12.8. The average molecular weight is 535 g/mol. The molecule has 0 spiro atoms. The molecule has 39 heavy (non-hydrogen) atoms. The van der Waals surface area contributed by atoms with E-state index < -0.39 is 6.04 Å². The fraction of sp³-hybridized carbons (Fsp3) is 0.645. The Bertz CT molecular complexity index is 1210. The lowest BCUT2D eigenvalue weighted by molar-refractivity contribution is -0.119. The third kappa shape index (κ3) is 5.92. The van der Waals surface area contributed by atoms with Crippen molar-refractivity contribution in [3.8, 4) is 0 Å².